The second-order valence-corrected chi connectivity index (χ2v) is 3.58. The van der Waals surface area contributed by atoms with Gasteiger partial charge in [-0.1, -0.05) is 6.07 Å². The summed E-state index contributed by atoms with van der Waals surface area (Å²) in [7, 11) is 0. The highest BCUT2D eigenvalue weighted by Gasteiger charge is 2.17. The van der Waals surface area contributed by atoms with E-state index in [-0.39, 0.29) is 17.9 Å². The van der Waals surface area contributed by atoms with E-state index in [9.17, 15) is 4.39 Å². The molecule has 0 saturated heterocycles. The third-order valence-corrected chi connectivity index (χ3v) is 2.43. The Kier molecular flexibility index (Phi) is 3.60. The van der Waals surface area contributed by atoms with Crippen molar-refractivity contribution in [3.05, 3.63) is 53.7 Å². The van der Waals surface area contributed by atoms with Gasteiger partial charge in [-0.15, -0.1) is 0 Å². The van der Waals surface area contributed by atoms with Gasteiger partial charge in [0.2, 0.25) is 0 Å². The molecule has 0 amide bonds. The van der Waals surface area contributed by atoms with Gasteiger partial charge in [0, 0.05) is 6.54 Å². The quantitative estimate of drug-likeness (QED) is 0.898. The summed E-state index contributed by atoms with van der Waals surface area (Å²) in [5.41, 5.74) is 5.44. The molecule has 5 heteroatoms. The van der Waals surface area contributed by atoms with E-state index < -0.39 is 11.9 Å². The van der Waals surface area contributed by atoms with Crippen LogP contribution in [0.1, 0.15) is 17.4 Å². The monoisotopic (exact) mass is 246 g/mol. The molecule has 0 radical (unpaired) electrons. The van der Waals surface area contributed by atoms with Gasteiger partial charge in [-0.2, -0.15) is 5.26 Å². The normalized spacial score (nSPS) is 11.8. The second-order valence-electron chi connectivity index (χ2n) is 3.58. The third kappa shape index (κ3) is 2.34. The fraction of sp³-hybridized carbons (Fsp3) is 0.154. The first-order valence-electron chi connectivity index (χ1n) is 5.35. The number of hydrogen-bond acceptors (Lipinski definition) is 4. The number of nitrogens with zero attached hydrogens (tertiary/aromatic N) is 1. The zero-order valence-electron chi connectivity index (χ0n) is 9.47. The molecule has 0 fully saturated rings. The Labute approximate surface area is 103 Å². The van der Waals surface area contributed by atoms with Gasteiger partial charge in [-0.05, 0) is 24.3 Å². The van der Waals surface area contributed by atoms with Gasteiger partial charge in [0.05, 0.1) is 6.26 Å². The summed E-state index contributed by atoms with van der Waals surface area (Å²) in [4.78, 5) is 0. The number of benzene rings is 1. The van der Waals surface area contributed by atoms with E-state index in [0.717, 1.165) is 0 Å². The predicted octanol–water partition coefficient (Wildman–Crippen LogP) is 2.37. The molecular formula is C13H11FN2O2. The first-order chi connectivity index (χ1) is 8.76. The van der Waals surface area contributed by atoms with Crippen LogP contribution in [0.4, 0.5) is 4.39 Å². The average molecular weight is 246 g/mol. The minimum atomic E-state index is -0.620. The first-order valence-corrected chi connectivity index (χ1v) is 5.35. The number of nitriles is 1. The van der Waals surface area contributed by atoms with Crippen molar-refractivity contribution in [1.82, 2.24) is 0 Å². The fourth-order valence-electron chi connectivity index (χ4n) is 1.56. The highest BCUT2D eigenvalue weighted by molar-refractivity contribution is 5.44. The van der Waals surface area contributed by atoms with E-state index in [2.05, 4.69) is 0 Å². The van der Waals surface area contributed by atoms with Crippen molar-refractivity contribution in [2.75, 3.05) is 6.54 Å². The highest BCUT2D eigenvalue weighted by Crippen LogP contribution is 2.26. The zero-order valence-corrected chi connectivity index (χ0v) is 9.47. The van der Waals surface area contributed by atoms with Gasteiger partial charge >= 0.3 is 0 Å². The summed E-state index contributed by atoms with van der Waals surface area (Å²) in [6.07, 6.45) is 0.951. The van der Waals surface area contributed by atoms with Crippen LogP contribution in [0.5, 0.6) is 5.75 Å². The standard InChI is InChI=1S/C13H11FN2O2/c14-10-3-1-4-11(9(10)7-15)18-13(8-16)12-5-2-6-17-12/h1-6,13H,8,16H2. The molecule has 0 bridgehead atoms. The summed E-state index contributed by atoms with van der Waals surface area (Å²) >= 11 is 0. The van der Waals surface area contributed by atoms with Crippen molar-refractivity contribution in [3.8, 4) is 11.8 Å². The van der Waals surface area contributed by atoms with E-state index in [0.29, 0.717) is 5.76 Å². The molecule has 0 spiro atoms. The van der Waals surface area contributed by atoms with Crippen LogP contribution in [-0.2, 0) is 0 Å². The molecule has 1 atom stereocenters. The van der Waals surface area contributed by atoms with Gasteiger partial charge in [0.1, 0.15) is 29.0 Å². The van der Waals surface area contributed by atoms with Crippen LogP contribution < -0.4 is 10.5 Å². The van der Waals surface area contributed by atoms with Gasteiger partial charge in [-0.25, -0.2) is 4.39 Å². The highest BCUT2D eigenvalue weighted by atomic mass is 19.1. The van der Waals surface area contributed by atoms with Crippen molar-refractivity contribution in [1.29, 1.82) is 5.26 Å². The number of rotatable bonds is 4. The number of ether oxygens (including phenoxy) is 1. The summed E-state index contributed by atoms with van der Waals surface area (Å²) in [5.74, 6) is 0.0696. The topological polar surface area (TPSA) is 72.2 Å². The first kappa shape index (κ1) is 12.1. The Balaban J connectivity index is 2.29. The molecule has 2 aromatic rings. The fourth-order valence-corrected chi connectivity index (χ4v) is 1.56. The Morgan fingerprint density at radius 1 is 1.39 bits per heavy atom. The van der Waals surface area contributed by atoms with Crippen molar-refractivity contribution >= 4 is 0 Å². The Morgan fingerprint density at radius 2 is 2.22 bits per heavy atom. The maximum absolute atomic E-state index is 13.4. The number of hydrogen-bond donors (Lipinski definition) is 1. The SMILES string of the molecule is N#Cc1c(F)cccc1OC(CN)c1ccco1. The van der Waals surface area contributed by atoms with E-state index >= 15 is 0 Å². The molecule has 0 aliphatic heterocycles. The molecular weight excluding hydrogens is 235 g/mol. The predicted molar refractivity (Wildman–Crippen MR) is 62.2 cm³/mol. The molecule has 92 valence electrons. The van der Waals surface area contributed by atoms with Crippen LogP contribution in [-0.4, -0.2) is 6.54 Å². The molecule has 0 saturated carbocycles. The molecule has 2 N–H and O–H groups in total. The second kappa shape index (κ2) is 5.34. The molecule has 0 aliphatic rings. The van der Waals surface area contributed by atoms with E-state index in [1.165, 1.54) is 24.5 Å². The number of nitrogens with two attached hydrogens (primary N) is 1. The number of furan rings is 1. The molecule has 0 aliphatic carbocycles. The molecule has 1 aromatic carbocycles. The lowest BCUT2D eigenvalue weighted by Crippen LogP contribution is -2.18. The van der Waals surface area contributed by atoms with Crippen LogP contribution in [0.15, 0.2) is 41.0 Å². The average Bonchev–Trinajstić information content (AvgIpc) is 2.89. The van der Waals surface area contributed by atoms with Crippen LogP contribution >= 0.6 is 0 Å². The Morgan fingerprint density at radius 3 is 2.83 bits per heavy atom. The minimum Gasteiger partial charge on any atom is -0.480 e. The molecule has 1 heterocycles. The summed E-state index contributed by atoms with van der Waals surface area (Å²) in [5, 5.41) is 8.89. The van der Waals surface area contributed by atoms with Gasteiger partial charge in [0.25, 0.3) is 0 Å². The van der Waals surface area contributed by atoms with Crippen molar-refractivity contribution < 1.29 is 13.5 Å². The largest absolute Gasteiger partial charge is 0.480 e. The lowest BCUT2D eigenvalue weighted by atomic mass is 10.2. The maximum atomic E-state index is 13.4. The smallest absolute Gasteiger partial charge is 0.168 e. The third-order valence-electron chi connectivity index (χ3n) is 2.43. The lowest BCUT2D eigenvalue weighted by Gasteiger charge is -2.16. The van der Waals surface area contributed by atoms with Gasteiger partial charge in [0.15, 0.2) is 6.10 Å². The summed E-state index contributed by atoms with van der Waals surface area (Å²) in [6.45, 7) is 0.162. The number of halogens is 1. The Bertz CT molecular complexity index is 561. The maximum Gasteiger partial charge on any atom is 0.168 e. The van der Waals surface area contributed by atoms with Crippen LogP contribution in [0.3, 0.4) is 0 Å². The van der Waals surface area contributed by atoms with Gasteiger partial charge < -0.3 is 14.9 Å². The summed E-state index contributed by atoms with van der Waals surface area (Å²) < 4.78 is 24.1. The molecule has 4 nitrogen and oxygen atoms in total. The molecule has 1 aromatic heterocycles. The van der Waals surface area contributed by atoms with E-state index in [4.69, 9.17) is 20.1 Å². The zero-order chi connectivity index (χ0) is 13.0. The minimum absolute atomic E-state index is 0.137. The molecule has 1 unspecified atom stereocenters. The van der Waals surface area contributed by atoms with Crippen LogP contribution in [0.25, 0.3) is 0 Å². The molecule has 18 heavy (non-hydrogen) atoms. The van der Waals surface area contributed by atoms with Crippen molar-refractivity contribution in [3.63, 3.8) is 0 Å². The van der Waals surface area contributed by atoms with Crippen LogP contribution in [0.2, 0.25) is 0 Å². The van der Waals surface area contributed by atoms with E-state index in [1.54, 1.807) is 18.2 Å². The summed E-state index contributed by atoms with van der Waals surface area (Å²) in [6, 6.07) is 9.38. The van der Waals surface area contributed by atoms with Crippen LogP contribution in [0, 0.1) is 17.1 Å². The molecule has 2 rings (SSSR count). The van der Waals surface area contributed by atoms with Gasteiger partial charge in [-0.3, -0.25) is 0 Å². The lowest BCUT2D eigenvalue weighted by molar-refractivity contribution is 0.183. The van der Waals surface area contributed by atoms with E-state index in [1.807, 2.05) is 0 Å². The van der Waals surface area contributed by atoms with Crippen molar-refractivity contribution in [2.45, 2.75) is 6.10 Å². The Hall–Kier alpha value is -2.32. The van der Waals surface area contributed by atoms with Crippen molar-refractivity contribution in [2.24, 2.45) is 5.73 Å².